The van der Waals surface area contributed by atoms with Gasteiger partial charge in [0.05, 0.1) is 7.11 Å². The molecule has 1 aromatic rings. The second kappa shape index (κ2) is 3.57. The zero-order valence-corrected chi connectivity index (χ0v) is 9.25. The normalized spacial score (nSPS) is 23.1. The van der Waals surface area contributed by atoms with E-state index in [1.54, 1.807) is 12.1 Å². The van der Waals surface area contributed by atoms with E-state index in [-0.39, 0.29) is 6.42 Å². The van der Waals surface area contributed by atoms with E-state index in [0.29, 0.717) is 16.1 Å². The number of ketones is 1. The van der Waals surface area contributed by atoms with Crippen LogP contribution < -0.4 is 0 Å². The van der Waals surface area contributed by atoms with Gasteiger partial charge in [0.2, 0.25) is 11.4 Å². The van der Waals surface area contributed by atoms with Gasteiger partial charge in [0, 0.05) is 17.0 Å². The Morgan fingerprint density at radius 3 is 2.88 bits per heavy atom. The van der Waals surface area contributed by atoms with Crippen LogP contribution in [0.2, 0.25) is 5.02 Å². The van der Waals surface area contributed by atoms with Crippen molar-refractivity contribution < 1.29 is 19.4 Å². The molecule has 0 fully saturated rings. The summed E-state index contributed by atoms with van der Waals surface area (Å²) in [6, 6.07) is 4.61. The zero-order chi connectivity index (χ0) is 11.9. The molecule has 0 aromatic heterocycles. The number of carbonyl (C=O) groups is 2. The fourth-order valence-electron chi connectivity index (χ4n) is 1.84. The number of hydrogen-bond donors (Lipinski definition) is 1. The van der Waals surface area contributed by atoms with E-state index in [0.717, 1.165) is 7.11 Å². The van der Waals surface area contributed by atoms with Crippen LogP contribution in [0, 0.1) is 0 Å². The summed E-state index contributed by atoms with van der Waals surface area (Å²) >= 11 is 5.77. The van der Waals surface area contributed by atoms with Gasteiger partial charge in [0.1, 0.15) is 0 Å². The van der Waals surface area contributed by atoms with Crippen LogP contribution in [0.5, 0.6) is 0 Å². The molecule has 4 nitrogen and oxygen atoms in total. The van der Waals surface area contributed by atoms with Gasteiger partial charge < -0.3 is 9.84 Å². The molecule has 0 spiro atoms. The first kappa shape index (κ1) is 11.1. The predicted molar refractivity (Wildman–Crippen MR) is 56.5 cm³/mol. The Kier molecular flexibility index (Phi) is 2.48. The minimum Gasteiger partial charge on any atom is -0.467 e. The lowest BCUT2D eigenvalue weighted by Crippen LogP contribution is -2.45. The molecule has 5 heteroatoms. The second-order valence-corrected chi connectivity index (χ2v) is 4.10. The molecule has 0 amide bonds. The monoisotopic (exact) mass is 240 g/mol. The zero-order valence-electron chi connectivity index (χ0n) is 8.49. The summed E-state index contributed by atoms with van der Waals surface area (Å²) in [4.78, 5) is 23.2. The van der Waals surface area contributed by atoms with Crippen molar-refractivity contribution in [3.63, 3.8) is 0 Å². The molecule has 1 atom stereocenters. The molecule has 84 valence electrons. The average molecular weight is 241 g/mol. The molecule has 1 aliphatic carbocycles. The summed E-state index contributed by atoms with van der Waals surface area (Å²) in [5.74, 6) is -1.57. The molecular weight excluding hydrogens is 232 g/mol. The maximum Gasteiger partial charge on any atom is 0.346 e. The van der Waals surface area contributed by atoms with Crippen molar-refractivity contribution in [3.8, 4) is 0 Å². The van der Waals surface area contributed by atoms with Crippen molar-refractivity contribution in [1.29, 1.82) is 0 Å². The summed E-state index contributed by atoms with van der Waals surface area (Å²) in [5.41, 5.74) is -1.22. The first-order valence-electron chi connectivity index (χ1n) is 4.63. The fourth-order valence-corrected chi connectivity index (χ4v) is 2.04. The third kappa shape index (κ3) is 1.42. The average Bonchev–Trinajstić information content (AvgIpc) is 2.51. The molecule has 16 heavy (non-hydrogen) atoms. The Hall–Kier alpha value is -1.39. The molecule has 0 unspecified atom stereocenters. The number of aliphatic hydroxyl groups is 1. The van der Waals surface area contributed by atoms with Crippen molar-refractivity contribution in [1.82, 2.24) is 0 Å². The van der Waals surface area contributed by atoms with E-state index < -0.39 is 17.4 Å². The third-order valence-electron chi connectivity index (χ3n) is 2.66. The molecule has 0 aliphatic heterocycles. The highest BCUT2D eigenvalue weighted by Crippen LogP contribution is 2.32. The van der Waals surface area contributed by atoms with Crippen LogP contribution in [-0.4, -0.2) is 29.6 Å². The SMILES string of the molecule is COC(=O)[C@]1(O)Cc2cc(Cl)ccc2C1=O. The first-order chi connectivity index (χ1) is 7.49. The lowest BCUT2D eigenvalue weighted by Gasteiger charge is -2.16. The van der Waals surface area contributed by atoms with Gasteiger partial charge in [-0.3, -0.25) is 4.79 Å². The van der Waals surface area contributed by atoms with Crippen LogP contribution in [0.15, 0.2) is 18.2 Å². The van der Waals surface area contributed by atoms with Crippen LogP contribution in [0.25, 0.3) is 0 Å². The smallest absolute Gasteiger partial charge is 0.346 e. The molecule has 0 radical (unpaired) electrons. The van der Waals surface area contributed by atoms with Gasteiger partial charge in [-0.2, -0.15) is 0 Å². The Morgan fingerprint density at radius 1 is 1.56 bits per heavy atom. The first-order valence-corrected chi connectivity index (χ1v) is 5.01. The second-order valence-electron chi connectivity index (χ2n) is 3.66. The van der Waals surface area contributed by atoms with Crippen LogP contribution in [0.4, 0.5) is 0 Å². The van der Waals surface area contributed by atoms with Gasteiger partial charge in [-0.05, 0) is 23.8 Å². The van der Waals surface area contributed by atoms with Crippen LogP contribution in [-0.2, 0) is 16.0 Å². The number of hydrogen-bond acceptors (Lipinski definition) is 4. The van der Waals surface area contributed by atoms with Crippen molar-refractivity contribution in [2.24, 2.45) is 0 Å². The summed E-state index contributed by atoms with van der Waals surface area (Å²) in [5, 5.41) is 10.4. The van der Waals surface area contributed by atoms with Crippen LogP contribution in [0.1, 0.15) is 15.9 Å². The van der Waals surface area contributed by atoms with Crippen LogP contribution in [0.3, 0.4) is 0 Å². The van der Waals surface area contributed by atoms with Crippen molar-refractivity contribution >= 4 is 23.4 Å². The Bertz CT molecular complexity index is 483. The third-order valence-corrected chi connectivity index (χ3v) is 2.89. The number of ether oxygens (including phenoxy) is 1. The predicted octanol–water partition coefficient (Wildman–Crippen LogP) is 0.983. The lowest BCUT2D eigenvalue weighted by atomic mass is 10.00. The lowest BCUT2D eigenvalue weighted by molar-refractivity contribution is -0.156. The highest BCUT2D eigenvalue weighted by molar-refractivity contribution is 6.31. The Balaban J connectivity index is 2.48. The fraction of sp³-hybridized carbons (Fsp3) is 0.273. The van der Waals surface area contributed by atoms with E-state index in [1.165, 1.54) is 6.07 Å². The summed E-state index contributed by atoms with van der Waals surface area (Å²) in [7, 11) is 1.13. The maximum atomic E-state index is 11.8. The number of methoxy groups -OCH3 is 1. The van der Waals surface area contributed by atoms with E-state index >= 15 is 0 Å². The topological polar surface area (TPSA) is 63.6 Å². The Morgan fingerprint density at radius 2 is 2.25 bits per heavy atom. The molecule has 0 heterocycles. The number of halogens is 1. The molecular formula is C11H9ClO4. The number of carbonyl (C=O) groups excluding carboxylic acids is 2. The van der Waals surface area contributed by atoms with Gasteiger partial charge in [0.25, 0.3) is 0 Å². The largest absolute Gasteiger partial charge is 0.467 e. The van der Waals surface area contributed by atoms with Gasteiger partial charge in [-0.15, -0.1) is 0 Å². The molecule has 1 aliphatic rings. The summed E-state index contributed by atoms with van der Waals surface area (Å²) < 4.78 is 4.43. The molecule has 2 rings (SSSR count). The maximum absolute atomic E-state index is 11.8. The number of esters is 1. The Labute approximate surface area is 96.8 Å². The van der Waals surface area contributed by atoms with Gasteiger partial charge >= 0.3 is 5.97 Å². The minimum atomic E-state index is -2.10. The molecule has 1 aromatic carbocycles. The summed E-state index contributed by atoms with van der Waals surface area (Å²) in [6.07, 6.45) is -0.0889. The standard InChI is InChI=1S/C11H9ClO4/c1-16-10(14)11(15)5-6-4-7(12)2-3-8(6)9(11)13/h2-4,15H,5H2,1H3/t11-/m0/s1. The highest BCUT2D eigenvalue weighted by Gasteiger charge is 2.51. The highest BCUT2D eigenvalue weighted by atomic mass is 35.5. The van der Waals surface area contributed by atoms with Gasteiger partial charge in [0.15, 0.2) is 0 Å². The summed E-state index contributed by atoms with van der Waals surface area (Å²) in [6.45, 7) is 0. The molecule has 0 bridgehead atoms. The minimum absolute atomic E-state index is 0.0889. The van der Waals surface area contributed by atoms with E-state index in [4.69, 9.17) is 11.6 Å². The van der Waals surface area contributed by atoms with Crippen LogP contribution >= 0.6 is 11.6 Å². The number of rotatable bonds is 1. The van der Waals surface area contributed by atoms with Gasteiger partial charge in [-0.1, -0.05) is 11.6 Å². The molecule has 0 saturated heterocycles. The number of Topliss-reactive ketones (excluding diaryl/α,β-unsaturated/α-hetero) is 1. The molecule has 0 saturated carbocycles. The van der Waals surface area contributed by atoms with Crippen molar-refractivity contribution in [2.45, 2.75) is 12.0 Å². The van der Waals surface area contributed by atoms with Crippen molar-refractivity contribution in [3.05, 3.63) is 34.3 Å². The number of fused-ring (bicyclic) bond motifs is 1. The van der Waals surface area contributed by atoms with Crippen molar-refractivity contribution in [2.75, 3.05) is 7.11 Å². The number of benzene rings is 1. The van der Waals surface area contributed by atoms with E-state index in [1.807, 2.05) is 0 Å². The van der Waals surface area contributed by atoms with E-state index in [2.05, 4.69) is 4.74 Å². The quantitative estimate of drug-likeness (QED) is 0.587. The van der Waals surface area contributed by atoms with E-state index in [9.17, 15) is 14.7 Å². The van der Waals surface area contributed by atoms with Gasteiger partial charge in [-0.25, -0.2) is 4.79 Å². The molecule has 1 N–H and O–H groups in total.